The minimum absolute atomic E-state index is 0.0252. The molecule has 4 heterocycles. The highest BCUT2D eigenvalue weighted by Crippen LogP contribution is 2.32. The van der Waals surface area contributed by atoms with Crippen LogP contribution in [0.2, 0.25) is 0 Å². The number of carbonyl (C=O) groups is 1. The van der Waals surface area contributed by atoms with E-state index in [-0.39, 0.29) is 35.4 Å². The van der Waals surface area contributed by atoms with Crippen molar-refractivity contribution in [1.29, 1.82) is 0 Å². The van der Waals surface area contributed by atoms with E-state index < -0.39 is 18.3 Å². The molecule has 10 nitrogen and oxygen atoms in total. The quantitative estimate of drug-likeness (QED) is 0.403. The molecule has 0 bridgehead atoms. The van der Waals surface area contributed by atoms with Crippen LogP contribution in [-0.4, -0.2) is 65.9 Å². The summed E-state index contributed by atoms with van der Waals surface area (Å²) in [4.78, 5) is 41.5. The summed E-state index contributed by atoms with van der Waals surface area (Å²) in [6.45, 7) is 4.48. The Morgan fingerprint density at radius 1 is 1.10 bits per heavy atom. The number of fused-ring (bicyclic) bond motifs is 1. The van der Waals surface area contributed by atoms with Crippen molar-refractivity contribution in [3.05, 3.63) is 70.0 Å². The largest absolute Gasteiger partial charge is 0.418 e. The van der Waals surface area contributed by atoms with Crippen molar-refractivity contribution in [2.24, 2.45) is 7.05 Å². The Labute approximate surface area is 227 Å². The van der Waals surface area contributed by atoms with Crippen LogP contribution in [0.3, 0.4) is 0 Å². The summed E-state index contributed by atoms with van der Waals surface area (Å²) in [5.41, 5.74) is 0.272. The summed E-state index contributed by atoms with van der Waals surface area (Å²) < 4.78 is 43.8. The number of hydrogen-bond acceptors (Lipinski definition) is 7. The van der Waals surface area contributed by atoms with Gasteiger partial charge in [-0.05, 0) is 36.8 Å². The number of amides is 1. The molecule has 5 rings (SSSR count). The van der Waals surface area contributed by atoms with Gasteiger partial charge in [-0.25, -0.2) is 9.97 Å². The summed E-state index contributed by atoms with van der Waals surface area (Å²) in [5.74, 6) is 0.565. The van der Waals surface area contributed by atoms with Crippen LogP contribution in [-0.2, 0) is 31.2 Å². The number of alkyl halides is 3. The zero-order chi connectivity index (χ0) is 28.8. The van der Waals surface area contributed by atoms with Gasteiger partial charge < -0.3 is 14.9 Å². The third kappa shape index (κ3) is 5.04. The van der Waals surface area contributed by atoms with Gasteiger partial charge in [-0.15, -0.1) is 0 Å². The first-order valence-electron chi connectivity index (χ1n) is 12.7. The summed E-state index contributed by atoms with van der Waals surface area (Å²) in [5, 5.41) is 9.77. The van der Waals surface area contributed by atoms with Crippen LogP contribution in [0.4, 0.5) is 19.1 Å². The number of hydrogen-bond donors (Lipinski definition) is 1. The predicted octanol–water partition coefficient (Wildman–Crippen LogP) is 2.81. The average molecular weight is 556 g/mol. The van der Waals surface area contributed by atoms with Crippen molar-refractivity contribution in [3.63, 3.8) is 0 Å². The lowest BCUT2D eigenvalue weighted by Gasteiger charge is -2.39. The first-order valence-corrected chi connectivity index (χ1v) is 12.7. The van der Waals surface area contributed by atoms with Gasteiger partial charge in [0.1, 0.15) is 0 Å². The number of pyridine rings is 1. The minimum atomic E-state index is -4.65. The lowest BCUT2D eigenvalue weighted by molar-refractivity contribution is -0.138. The van der Waals surface area contributed by atoms with Crippen LogP contribution >= 0.6 is 0 Å². The van der Waals surface area contributed by atoms with Gasteiger partial charge in [-0.1, -0.05) is 6.07 Å². The predicted molar refractivity (Wildman–Crippen MR) is 142 cm³/mol. The summed E-state index contributed by atoms with van der Waals surface area (Å²) in [6.07, 6.45) is -1.34. The number of aromatic nitrogens is 5. The molecule has 13 heteroatoms. The molecule has 1 N–H and O–H groups in total. The van der Waals surface area contributed by atoms with Gasteiger partial charge in [0.15, 0.2) is 0 Å². The van der Waals surface area contributed by atoms with Crippen molar-refractivity contribution < 1.29 is 23.1 Å². The van der Waals surface area contributed by atoms with E-state index in [1.54, 1.807) is 37.5 Å². The lowest BCUT2D eigenvalue weighted by atomic mass is 10.1. The zero-order valence-electron chi connectivity index (χ0n) is 22.2. The molecule has 0 radical (unpaired) electrons. The molecule has 1 atom stereocenters. The van der Waals surface area contributed by atoms with E-state index in [4.69, 9.17) is 0 Å². The second-order valence-electron chi connectivity index (χ2n) is 9.85. The summed E-state index contributed by atoms with van der Waals surface area (Å²) in [6, 6.07) is 7.13. The maximum absolute atomic E-state index is 13.7. The topological polar surface area (TPSA) is 109 Å². The van der Waals surface area contributed by atoms with Crippen LogP contribution in [0, 0.1) is 0 Å². The van der Waals surface area contributed by atoms with Gasteiger partial charge in [-0.3, -0.25) is 23.9 Å². The molecule has 1 unspecified atom stereocenters. The van der Waals surface area contributed by atoms with Gasteiger partial charge in [-0.2, -0.15) is 13.2 Å². The maximum atomic E-state index is 13.7. The smallest absolute Gasteiger partial charge is 0.390 e. The Balaban J connectivity index is 1.48. The number of benzene rings is 1. The number of nitrogens with zero attached hydrogens (tertiary/aromatic N) is 7. The molecular formula is C27H28F3N7O3. The van der Waals surface area contributed by atoms with Crippen molar-refractivity contribution >= 4 is 22.8 Å². The van der Waals surface area contributed by atoms with Crippen molar-refractivity contribution in [1.82, 2.24) is 29.2 Å². The Morgan fingerprint density at radius 2 is 1.82 bits per heavy atom. The third-order valence-corrected chi connectivity index (χ3v) is 7.25. The Morgan fingerprint density at radius 3 is 2.45 bits per heavy atom. The fourth-order valence-electron chi connectivity index (χ4n) is 5.14. The van der Waals surface area contributed by atoms with E-state index in [0.717, 1.165) is 12.1 Å². The highest BCUT2D eigenvalue weighted by Gasteiger charge is 2.34. The molecule has 1 aliphatic heterocycles. The first-order chi connectivity index (χ1) is 19.0. The molecule has 3 aromatic heterocycles. The number of aliphatic hydroxyl groups is 1. The summed E-state index contributed by atoms with van der Waals surface area (Å²) in [7, 11) is 1.48. The third-order valence-electron chi connectivity index (χ3n) is 7.25. The van der Waals surface area contributed by atoms with E-state index in [1.165, 1.54) is 16.4 Å². The second kappa shape index (κ2) is 10.4. The van der Waals surface area contributed by atoms with E-state index >= 15 is 0 Å². The Kier molecular flexibility index (Phi) is 7.08. The zero-order valence-corrected chi connectivity index (χ0v) is 22.2. The fraction of sp³-hybridized carbons (Fsp3) is 0.370. The average Bonchev–Trinajstić information content (AvgIpc) is 3.16. The van der Waals surface area contributed by atoms with Crippen molar-refractivity contribution in [2.45, 2.75) is 39.2 Å². The van der Waals surface area contributed by atoms with Crippen LogP contribution < -0.4 is 10.5 Å². The molecular weight excluding hydrogens is 527 g/mol. The number of halogens is 3. The van der Waals surface area contributed by atoms with Gasteiger partial charge in [0.05, 0.1) is 41.0 Å². The molecule has 1 fully saturated rings. The molecule has 210 valence electrons. The number of piperazine rings is 1. The van der Waals surface area contributed by atoms with E-state index in [1.807, 2.05) is 16.7 Å². The van der Waals surface area contributed by atoms with E-state index in [2.05, 4.69) is 15.0 Å². The van der Waals surface area contributed by atoms with E-state index in [0.29, 0.717) is 47.6 Å². The van der Waals surface area contributed by atoms with Crippen molar-refractivity contribution in [2.75, 3.05) is 24.5 Å². The lowest BCUT2D eigenvalue weighted by Crippen LogP contribution is -2.53. The molecule has 40 heavy (non-hydrogen) atoms. The molecule has 1 saturated heterocycles. The highest BCUT2D eigenvalue weighted by molar-refractivity contribution is 5.84. The van der Waals surface area contributed by atoms with Crippen LogP contribution in [0.25, 0.3) is 22.0 Å². The number of rotatable bonds is 5. The fourth-order valence-corrected chi connectivity index (χ4v) is 5.14. The first kappa shape index (κ1) is 27.3. The van der Waals surface area contributed by atoms with Crippen LogP contribution in [0.1, 0.15) is 30.8 Å². The molecule has 0 aliphatic carbocycles. The minimum Gasteiger partial charge on any atom is -0.390 e. The van der Waals surface area contributed by atoms with Gasteiger partial charge >= 0.3 is 6.18 Å². The van der Waals surface area contributed by atoms with E-state index in [9.17, 15) is 27.9 Å². The normalized spacial score (nSPS) is 16.1. The Bertz CT molecular complexity index is 1630. The van der Waals surface area contributed by atoms with Gasteiger partial charge in [0.25, 0.3) is 5.56 Å². The van der Waals surface area contributed by atoms with Crippen molar-refractivity contribution in [3.8, 4) is 11.1 Å². The van der Waals surface area contributed by atoms with Gasteiger partial charge in [0.2, 0.25) is 11.9 Å². The molecule has 1 amide bonds. The maximum Gasteiger partial charge on any atom is 0.418 e. The standard InChI is InChI=1S/C27H28F3N7O3/c1-16-13-35(8-9-36(16)17(2)39)26-31-11-19(12-32-26)18-4-6-21-24(10-18)37(34(3)25(21)40)14-23-22(27(28,29)30)7-5-20(15-38)33-23/h4-7,10-12,16,38H,8-9,13-15H2,1-3H3. The molecule has 4 aromatic rings. The van der Waals surface area contributed by atoms with Crippen LogP contribution in [0.15, 0.2) is 47.5 Å². The second-order valence-corrected chi connectivity index (χ2v) is 9.85. The molecule has 1 aromatic carbocycles. The number of carbonyl (C=O) groups excluding carboxylic acids is 1. The molecule has 1 aliphatic rings. The number of anilines is 1. The van der Waals surface area contributed by atoms with Crippen LogP contribution in [0.5, 0.6) is 0 Å². The number of aliphatic hydroxyl groups excluding tert-OH is 1. The monoisotopic (exact) mass is 555 g/mol. The molecule has 0 saturated carbocycles. The van der Waals surface area contributed by atoms with Gasteiger partial charge in [0, 0.05) is 57.6 Å². The highest BCUT2D eigenvalue weighted by atomic mass is 19.4. The molecule has 0 spiro atoms. The summed E-state index contributed by atoms with van der Waals surface area (Å²) >= 11 is 0. The Hall–Kier alpha value is -4.26. The SMILES string of the molecule is CC(=O)N1CCN(c2ncc(-c3ccc4c(=O)n(C)n(Cc5nc(CO)ccc5C(F)(F)F)c4c3)cn2)CC1C.